The maximum atomic E-state index is 12.9. The van der Waals surface area contributed by atoms with Crippen LogP contribution in [0, 0.1) is 12.3 Å². The summed E-state index contributed by atoms with van der Waals surface area (Å²) in [6.45, 7) is 8.96. The standard InChI is InChI=1S/C18H24N2O3S/c1-6-22-14-10-13(18(14,3)4)20(5)17(21)15-11(2)24-16(19-15)12-8-7-9-23-12/h7-9,13-14H,6,10H2,1-5H3. The molecule has 0 bridgehead atoms. The number of nitrogens with zero attached hydrogens (tertiary/aromatic N) is 2. The van der Waals surface area contributed by atoms with Crippen LogP contribution in [0.15, 0.2) is 22.8 Å². The lowest BCUT2D eigenvalue weighted by molar-refractivity contribution is -0.136. The molecule has 130 valence electrons. The molecule has 0 saturated heterocycles. The van der Waals surface area contributed by atoms with Crippen molar-refractivity contribution in [1.29, 1.82) is 0 Å². The van der Waals surface area contributed by atoms with Gasteiger partial charge in [0.2, 0.25) is 0 Å². The second-order valence-corrected chi connectivity index (χ2v) is 8.04. The van der Waals surface area contributed by atoms with Crippen LogP contribution in [0.25, 0.3) is 10.8 Å². The van der Waals surface area contributed by atoms with Crippen LogP contribution in [-0.2, 0) is 4.74 Å². The molecule has 3 rings (SSSR count). The monoisotopic (exact) mass is 348 g/mol. The van der Waals surface area contributed by atoms with E-state index in [1.165, 1.54) is 11.3 Å². The number of amides is 1. The van der Waals surface area contributed by atoms with Crippen molar-refractivity contribution in [3.8, 4) is 10.8 Å². The third-order valence-corrected chi connectivity index (χ3v) is 6.00. The lowest BCUT2D eigenvalue weighted by atomic mass is 9.63. The number of ether oxygens (including phenoxy) is 1. The van der Waals surface area contributed by atoms with E-state index in [-0.39, 0.29) is 23.5 Å². The Morgan fingerprint density at radius 3 is 2.88 bits per heavy atom. The largest absolute Gasteiger partial charge is 0.462 e. The van der Waals surface area contributed by atoms with E-state index < -0.39 is 0 Å². The minimum atomic E-state index is -0.0474. The zero-order chi connectivity index (χ0) is 17.5. The van der Waals surface area contributed by atoms with Crippen molar-refractivity contribution in [2.45, 2.75) is 46.3 Å². The smallest absolute Gasteiger partial charge is 0.273 e. The van der Waals surface area contributed by atoms with E-state index in [0.717, 1.165) is 16.3 Å². The molecule has 0 aromatic carbocycles. The molecule has 24 heavy (non-hydrogen) atoms. The third-order valence-electron chi connectivity index (χ3n) is 5.01. The molecular weight excluding hydrogens is 324 g/mol. The summed E-state index contributed by atoms with van der Waals surface area (Å²) in [4.78, 5) is 20.2. The third kappa shape index (κ3) is 2.78. The molecular formula is C18H24N2O3S. The van der Waals surface area contributed by atoms with Gasteiger partial charge in [0, 0.05) is 30.0 Å². The minimum absolute atomic E-state index is 0.0328. The van der Waals surface area contributed by atoms with Gasteiger partial charge in [-0.1, -0.05) is 13.8 Å². The van der Waals surface area contributed by atoms with Gasteiger partial charge in [-0.3, -0.25) is 4.79 Å². The Hall–Kier alpha value is -1.66. The van der Waals surface area contributed by atoms with Crippen LogP contribution < -0.4 is 0 Å². The molecule has 0 spiro atoms. The van der Waals surface area contributed by atoms with E-state index in [9.17, 15) is 4.79 Å². The first kappa shape index (κ1) is 17.2. The zero-order valence-electron chi connectivity index (χ0n) is 14.8. The fraction of sp³-hybridized carbons (Fsp3) is 0.556. The molecule has 1 amide bonds. The molecule has 0 N–H and O–H groups in total. The Bertz CT molecular complexity index is 721. The summed E-state index contributed by atoms with van der Waals surface area (Å²) in [5, 5.41) is 0.745. The molecule has 6 heteroatoms. The van der Waals surface area contributed by atoms with Gasteiger partial charge in [0.05, 0.1) is 12.4 Å². The molecule has 2 heterocycles. The van der Waals surface area contributed by atoms with Crippen LogP contribution in [0.4, 0.5) is 0 Å². The van der Waals surface area contributed by atoms with Crippen LogP contribution in [0.1, 0.15) is 42.6 Å². The molecule has 2 aromatic rings. The molecule has 1 fully saturated rings. The predicted octanol–water partition coefficient (Wildman–Crippen LogP) is 3.99. The van der Waals surface area contributed by atoms with Crippen molar-refractivity contribution in [2.24, 2.45) is 5.41 Å². The van der Waals surface area contributed by atoms with Crippen molar-refractivity contribution in [2.75, 3.05) is 13.7 Å². The van der Waals surface area contributed by atoms with Crippen LogP contribution in [0.5, 0.6) is 0 Å². The van der Waals surface area contributed by atoms with E-state index in [1.807, 2.05) is 37.9 Å². The van der Waals surface area contributed by atoms with Gasteiger partial charge in [-0.25, -0.2) is 4.98 Å². The highest BCUT2D eigenvalue weighted by molar-refractivity contribution is 7.15. The maximum Gasteiger partial charge on any atom is 0.273 e. The summed E-state index contributed by atoms with van der Waals surface area (Å²) in [5.74, 6) is 0.666. The first-order valence-corrected chi connectivity index (χ1v) is 9.08. The van der Waals surface area contributed by atoms with E-state index in [1.54, 1.807) is 6.26 Å². The Morgan fingerprint density at radius 1 is 1.54 bits per heavy atom. The summed E-state index contributed by atoms with van der Waals surface area (Å²) in [6, 6.07) is 3.84. The predicted molar refractivity (Wildman–Crippen MR) is 94.2 cm³/mol. The number of thiazole rings is 1. The Morgan fingerprint density at radius 2 is 2.29 bits per heavy atom. The summed E-state index contributed by atoms with van der Waals surface area (Å²) in [7, 11) is 1.86. The quantitative estimate of drug-likeness (QED) is 0.820. The number of carbonyl (C=O) groups is 1. The summed E-state index contributed by atoms with van der Waals surface area (Å²) in [5.41, 5.74) is 0.471. The van der Waals surface area contributed by atoms with Gasteiger partial charge in [0.15, 0.2) is 10.8 Å². The Kier molecular flexibility index (Phi) is 4.53. The molecule has 2 atom stereocenters. The number of hydrogen-bond donors (Lipinski definition) is 0. The van der Waals surface area contributed by atoms with E-state index in [2.05, 4.69) is 18.8 Å². The number of hydrogen-bond acceptors (Lipinski definition) is 5. The summed E-state index contributed by atoms with van der Waals surface area (Å²) >= 11 is 1.49. The molecule has 1 aliphatic rings. The Balaban J connectivity index is 1.78. The summed E-state index contributed by atoms with van der Waals surface area (Å²) < 4.78 is 11.2. The lowest BCUT2D eigenvalue weighted by Gasteiger charge is -2.54. The van der Waals surface area contributed by atoms with Gasteiger partial charge in [-0.15, -0.1) is 11.3 Å². The van der Waals surface area contributed by atoms with Crippen molar-refractivity contribution >= 4 is 17.2 Å². The van der Waals surface area contributed by atoms with E-state index in [4.69, 9.17) is 9.15 Å². The van der Waals surface area contributed by atoms with Gasteiger partial charge < -0.3 is 14.1 Å². The van der Waals surface area contributed by atoms with Gasteiger partial charge in [-0.05, 0) is 32.4 Å². The average Bonchev–Trinajstić information content (AvgIpc) is 3.19. The fourth-order valence-corrected chi connectivity index (χ4v) is 4.29. The highest BCUT2D eigenvalue weighted by atomic mass is 32.1. The molecule has 2 unspecified atom stereocenters. The van der Waals surface area contributed by atoms with Gasteiger partial charge in [-0.2, -0.15) is 0 Å². The topological polar surface area (TPSA) is 55.6 Å². The molecule has 2 aromatic heterocycles. The zero-order valence-corrected chi connectivity index (χ0v) is 15.6. The van der Waals surface area contributed by atoms with Crippen LogP contribution in [0.2, 0.25) is 0 Å². The van der Waals surface area contributed by atoms with Gasteiger partial charge in [0.25, 0.3) is 5.91 Å². The first-order valence-electron chi connectivity index (χ1n) is 8.26. The molecule has 1 saturated carbocycles. The van der Waals surface area contributed by atoms with Crippen LogP contribution in [0.3, 0.4) is 0 Å². The van der Waals surface area contributed by atoms with Crippen molar-refractivity contribution < 1.29 is 13.9 Å². The fourth-order valence-electron chi connectivity index (χ4n) is 3.41. The minimum Gasteiger partial charge on any atom is -0.462 e. The SMILES string of the molecule is CCOC1CC(N(C)C(=O)c2nc(-c3ccco3)sc2C)C1(C)C. The molecule has 0 radical (unpaired) electrons. The molecule has 0 aliphatic heterocycles. The Labute approximate surface area is 146 Å². The normalized spacial score (nSPS) is 22.2. The van der Waals surface area contributed by atoms with Crippen molar-refractivity contribution in [3.05, 3.63) is 29.0 Å². The first-order chi connectivity index (χ1) is 11.4. The van der Waals surface area contributed by atoms with Crippen LogP contribution in [-0.4, -0.2) is 41.6 Å². The van der Waals surface area contributed by atoms with E-state index in [0.29, 0.717) is 18.1 Å². The number of carbonyl (C=O) groups excluding carboxylic acids is 1. The highest BCUT2D eigenvalue weighted by Crippen LogP contribution is 2.46. The lowest BCUT2D eigenvalue weighted by Crippen LogP contribution is -2.62. The highest BCUT2D eigenvalue weighted by Gasteiger charge is 2.52. The molecule has 5 nitrogen and oxygen atoms in total. The summed E-state index contributed by atoms with van der Waals surface area (Å²) in [6.07, 6.45) is 2.69. The number of rotatable bonds is 5. The number of furan rings is 1. The van der Waals surface area contributed by atoms with E-state index >= 15 is 0 Å². The average molecular weight is 348 g/mol. The second kappa shape index (κ2) is 6.33. The number of aromatic nitrogens is 1. The second-order valence-electron chi connectivity index (χ2n) is 6.83. The maximum absolute atomic E-state index is 12.9. The van der Waals surface area contributed by atoms with Gasteiger partial charge in [0.1, 0.15) is 5.69 Å². The van der Waals surface area contributed by atoms with Crippen molar-refractivity contribution in [3.63, 3.8) is 0 Å². The molecule has 1 aliphatic carbocycles. The number of aryl methyl sites for hydroxylation is 1. The van der Waals surface area contributed by atoms with Crippen LogP contribution >= 0.6 is 11.3 Å². The van der Waals surface area contributed by atoms with Gasteiger partial charge >= 0.3 is 0 Å². The van der Waals surface area contributed by atoms with Crippen molar-refractivity contribution in [1.82, 2.24) is 9.88 Å².